The molecule has 1 fully saturated rings. The molecule has 1 atom stereocenters. The molecule has 0 bridgehead atoms. The maximum atomic E-state index is 11.1. The molecule has 0 spiro atoms. The fraction of sp³-hybridized carbons (Fsp3) is 0.294. The largest absolute Gasteiger partial charge is 0.381 e. The molecule has 1 N–H and O–H groups in total. The topological polar surface area (TPSA) is 88.6 Å². The number of aromatic nitrogens is 3. The van der Waals surface area contributed by atoms with E-state index in [1.165, 1.54) is 10.7 Å². The number of nitrogens with zero attached hydrogens (tertiary/aromatic N) is 5. The molecule has 1 aromatic carbocycles. The van der Waals surface area contributed by atoms with Gasteiger partial charge in [-0.15, -0.1) is 0 Å². The average Bonchev–Trinajstić information content (AvgIpc) is 3.06. The molecule has 0 aliphatic carbocycles. The summed E-state index contributed by atoms with van der Waals surface area (Å²) in [5.74, 6) is 0.612. The molecule has 1 aliphatic rings. The van der Waals surface area contributed by atoms with Crippen molar-refractivity contribution < 1.29 is 4.92 Å². The normalized spacial score (nSPS) is 17.6. The van der Waals surface area contributed by atoms with Gasteiger partial charge in [0.2, 0.25) is 5.65 Å². The predicted octanol–water partition coefficient (Wildman–Crippen LogP) is 2.72. The number of benzene rings is 1. The van der Waals surface area contributed by atoms with E-state index < -0.39 is 4.92 Å². The van der Waals surface area contributed by atoms with E-state index in [-0.39, 0.29) is 5.82 Å². The lowest BCUT2D eigenvalue weighted by Crippen LogP contribution is -2.42. The third-order valence-corrected chi connectivity index (χ3v) is 4.41. The van der Waals surface area contributed by atoms with Crippen LogP contribution in [0.4, 0.5) is 17.3 Å². The number of nitrogens with one attached hydrogen (secondary N) is 1. The summed E-state index contributed by atoms with van der Waals surface area (Å²) in [5.41, 5.74) is 1.58. The van der Waals surface area contributed by atoms with Crippen molar-refractivity contribution in [2.45, 2.75) is 18.9 Å². The molecule has 25 heavy (non-hydrogen) atoms. The monoisotopic (exact) mass is 338 g/mol. The summed E-state index contributed by atoms with van der Waals surface area (Å²) < 4.78 is 1.30. The first-order valence-corrected chi connectivity index (χ1v) is 8.26. The van der Waals surface area contributed by atoms with Crippen LogP contribution in [-0.2, 0) is 0 Å². The number of fused-ring (bicyclic) bond motifs is 1. The first-order chi connectivity index (χ1) is 12.2. The highest BCUT2D eigenvalue weighted by Gasteiger charge is 2.23. The van der Waals surface area contributed by atoms with Gasteiger partial charge in [-0.2, -0.15) is 0 Å². The molecule has 4 rings (SSSR count). The number of nitro groups is 1. The molecule has 128 valence electrons. The van der Waals surface area contributed by atoms with Crippen molar-refractivity contribution in [3.63, 3.8) is 0 Å². The fourth-order valence-corrected chi connectivity index (χ4v) is 3.22. The Bertz CT molecular complexity index is 895. The SMILES string of the molecule is O=[N+]([O-])c1cnc2ccc(N3CCCC(Nc4ccccc4)C3)nn12. The Kier molecular flexibility index (Phi) is 3.93. The van der Waals surface area contributed by atoms with E-state index in [4.69, 9.17) is 0 Å². The Hall–Kier alpha value is -3.16. The van der Waals surface area contributed by atoms with Gasteiger partial charge in [0.15, 0.2) is 5.82 Å². The van der Waals surface area contributed by atoms with E-state index in [9.17, 15) is 10.1 Å². The quantitative estimate of drug-likeness (QED) is 0.581. The van der Waals surface area contributed by atoms with Gasteiger partial charge in [0.25, 0.3) is 0 Å². The third kappa shape index (κ3) is 3.10. The minimum atomic E-state index is -0.466. The summed E-state index contributed by atoms with van der Waals surface area (Å²) in [5, 5.41) is 19.1. The van der Waals surface area contributed by atoms with E-state index in [1.54, 1.807) is 6.07 Å². The highest BCUT2D eigenvalue weighted by atomic mass is 16.6. The highest BCUT2D eigenvalue weighted by Crippen LogP contribution is 2.22. The van der Waals surface area contributed by atoms with Gasteiger partial charge in [0.05, 0.1) is 0 Å². The van der Waals surface area contributed by atoms with Crippen LogP contribution in [0.5, 0.6) is 0 Å². The molecule has 8 heteroatoms. The molecule has 0 saturated carbocycles. The number of para-hydroxylation sites is 1. The lowest BCUT2D eigenvalue weighted by Gasteiger charge is -2.33. The first-order valence-electron chi connectivity index (χ1n) is 8.26. The maximum Gasteiger partial charge on any atom is 0.368 e. The van der Waals surface area contributed by atoms with Crippen molar-refractivity contribution in [2.75, 3.05) is 23.3 Å². The van der Waals surface area contributed by atoms with E-state index in [1.807, 2.05) is 24.3 Å². The van der Waals surface area contributed by atoms with Gasteiger partial charge in [-0.05, 0) is 36.0 Å². The summed E-state index contributed by atoms with van der Waals surface area (Å²) in [7, 11) is 0. The smallest absolute Gasteiger partial charge is 0.368 e. The number of rotatable bonds is 4. The molecular formula is C17H18N6O2. The summed E-state index contributed by atoms with van der Waals surface area (Å²) in [4.78, 5) is 16.8. The first kappa shape index (κ1) is 15.4. The lowest BCUT2D eigenvalue weighted by atomic mass is 10.1. The summed E-state index contributed by atoms with van der Waals surface area (Å²) in [6.07, 6.45) is 3.36. The van der Waals surface area contributed by atoms with Gasteiger partial charge in [-0.25, -0.2) is 4.98 Å². The molecular weight excluding hydrogens is 320 g/mol. The van der Waals surface area contributed by atoms with Gasteiger partial charge in [-0.3, -0.25) is 0 Å². The number of anilines is 2. The minimum Gasteiger partial charge on any atom is -0.381 e. The molecule has 3 aromatic rings. The molecule has 1 saturated heterocycles. The number of hydrogen-bond acceptors (Lipinski definition) is 6. The molecule has 0 amide bonds. The molecule has 8 nitrogen and oxygen atoms in total. The van der Waals surface area contributed by atoms with Crippen molar-refractivity contribution in [1.29, 1.82) is 0 Å². The zero-order valence-electron chi connectivity index (χ0n) is 13.6. The van der Waals surface area contributed by atoms with E-state index >= 15 is 0 Å². The van der Waals surface area contributed by atoms with Crippen LogP contribution in [0.2, 0.25) is 0 Å². The van der Waals surface area contributed by atoms with Gasteiger partial charge in [-0.1, -0.05) is 27.8 Å². The van der Waals surface area contributed by atoms with E-state index in [0.717, 1.165) is 37.4 Å². The van der Waals surface area contributed by atoms with Crippen LogP contribution in [0.15, 0.2) is 48.7 Å². The van der Waals surface area contributed by atoms with Crippen molar-refractivity contribution in [1.82, 2.24) is 14.6 Å². The van der Waals surface area contributed by atoms with Crippen LogP contribution in [0.3, 0.4) is 0 Å². The number of piperidine rings is 1. The van der Waals surface area contributed by atoms with Crippen LogP contribution in [0.1, 0.15) is 12.8 Å². The van der Waals surface area contributed by atoms with Crippen LogP contribution in [0.25, 0.3) is 5.65 Å². The van der Waals surface area contributed by atoms with Crippen molar-refractivity contribution in [2.24, 2.45) is 0 Å². The average molecular weight is 338 g/mol. The Labute approximate surface area is 144 Å². The van der Waals surface area contributed by atoms with Crippen molar-refractivity contribution >= 4 is 23.0 Å². The Morgan fingerprint density at radius 1 is 1.20 bits per heavy atom. The highest BCUT2D eigenvalue weighted by molar-refractivity contribution is 5.50. The minimum absolute atomic E-state index is 0.118. The Balaban J connectivity index is 1.55. The second kappa shape index (κ2) is 6.39. The van der Waals surface area contributed by atoms with Crippen molar-refractivity contribution in [3.05, 3.63) is 58.8 Å². The molecule has 0 radical (unpaired) electrons. The molecule has 2 aromatic heterocycles. The van der Waals surface area contributed by atoms with Gasteiger partial charge >= 0.3 is 5.82 Å². The second-order valence-corrected chi connectivity index (χ2v) is 6.13. The van der Waals surface area contributed by atoms with Crippen LogP contribution in [-0.4, -0.2) is 38.7 Å². The second-order valence-electron chi connectivity index (χ2n) is 6.13. The molecule has 3 heterocycles. The third-order valence-electron chi connectivity index (χ3n) is 4.41. The van der Waals surface area contributed by atoms with Gasteiger partial charge in [0, 0.05) is 30.9 Å². The van der Waals surface area contributed by atoms with E-state index in [2.05, 4.69) is 32.4 Å². The summed E-state index contributed by atoms with van der Waals surface area (Å²) in [6, 6.07) is 14.1. The van der Waals surface area contributed by atoms with Gasteiger partial charge < -0.3 is 20.3 Å². The zero-order chi connectivity index (χ0) is 17.2. The predicted molar refractivity (Wildman–Crippen MR) is 94.9 cm³/mol. The van der Waals surface area contributed by atoms with Gasteiger partial charge in [0.1, 0.15) is 6.20 Å². The number of imidazole rings is 1. The standard InChI is InChI=1S/C17H18N6O2/c24-23(25)17-11-18-15-8-9-16(20-22(15)17)21-10-4-7-14(12-21)19-13-5-2-1-3-6-13/h1-3,5-6,8-9,11,14,19H,4,7,10,12H2. The molecule has 1 aliphatic heterocycles. The van der Waals surface area contributed by atoms with E-state index in [0.29, 0.717) is 11.7 Å². The summed E-state index contributed by atoms with van der Waals surface area (Å²) >= 11 is 0. The molecule has 1 unspecified atom stereocenters. The van der Waals surface area contributed by atoms with Crippen LogP contribution < -0.4 is 10.2 Å². The van der Waals surface area contributed by atoms with Crippen LogP contribution in [0, 0.1) is 10.1 Å². The lowest BCUT2D eigenvalue weighted by molar-refractivity contribution is -0.391. The summed E-state index contributed by atoms with van der Waals surface area (Å²) in [6.45, 7) is 1.68. The number of hydrogen-bond donors (Lipinski definition) is 1. The van der Waals surface area contributed by atoms with Crippen molar-refractivity contribution in [3.8, 4) is 0 Å². The Morgan fingerprint density at radius 3 is 2.84 bits per heavy atom. The van der Waals surface area contributed by atoms with Crippen LogP contribution >= 0.6 is 0 Å². The zero-order valence-corrected chi connectivity index (χ0v) is 13.6. The maximum absolute atomic E-state index is 11.1. The fourth-order valence-electron chi connectivity index (χ4n) is 3.22. The Morgan fingerprint density at radius 2 is 2.04 bits per heavy atom.